The van der Waals surface area contributed by atoms with Gasteiger partial charge in [0.2, 0.25) is 10.0 Å². The van der Waals surface area contributed by atoms with E-state index in [9.17, 15) is 13.2 Å². The number of aromatic nitrogens is 1. The highest BCUT2D eigenvalue weighted by atomic mass is 32.2. The Bertz CT molecular complexity index is 1480. The highest BCUT2D eigenvalue weighted by Crippen LogP contribution is 2.33. The zero-order valence-electron chi connectivity index (χ0n) is 22.4. The molecule has 0 radical (unpaired) electrons. The van der Waals surface area contributed by atoms with Crippen molar-refractivity contribution in [2.75, 3.05) is 45.4 Å². The fraction of sp³-hybridized carbons (Fsp3) is 0.310. The van der Waals surface area contributed by atoms with Crippen LogP contribution >= 0.6 is 11.3 Å². The van der Waals surface area contributed by atoms with Crippen molar-refractivity contribution in [3.63, 3.8) is 0 Å². The molecular weight excluding hydrogens is 534 g/mol. The molecule has 0 N–H and O–H groups in total. The van der Waals surface area contributed by atoms with Crippen LogP contribution in [0.15, 0.2) is 77.7 Å². The number of methoxy groups -OCH3 is 2. The predicted octanol–water partition coefficient (Wildman–Crippen LogP) is 4.99. The molecule has 1 amide bonds. The molecule has 4 aromatic rings. The van der Waals surface area contributed by atoms with Gasteiger partial charge in [-0.3, -0.25) is 9.69 Å². The van der Waals surface area contributed by atoms with Crippen LogP contribution in [0.3, 0.4) is 0 Å². The number of carbonyl (C=O) groups is 1. The third-order valence-electron chi connectivity index (χ3n) is 6.36. The van der Waals surface area contributed by atoms with Crippen LogP contribution in [0.4, 0.5) is 5.13 Å². The fourth-order valence-electron chi connectivity index (χ4n) is 4.20. The van der Waals surface area contributed by atoms with Crippen molar-refractivity contribution in [2.24, 2.45) is 0 Å². The number of aryl methyl sites for hydroxylation is 1. The molecular formula is C29H33N3O5S2. The summed E-state index contributed by atoms with van der Waals surface area (Å²) >= 11 is 1.47. The number of nitrogens with zero attached hydrogens (tertiary/aromatic N) is 3. The number of hydrogen-bond acceptors (Lipinski definition) is 7. The van der Waals surface area contributed by atoms with Crippen molar-refractivity contribution in [1.82, 2.24) is 9.29 Å². The Balaban J connectivity index is 1.66. The minimum Gasteiger partial charge on any atom is -0.383 e. The number of anilines is 1. The molecule has 1 heterocycles. The van der Waals surface area contributed by atoms with Gasteiger partial charge >= 0.3 is 0 Å². The summed E-state index contributed by atoms with van der Waals surface area (Å²) in [6, 6.07) is 21.9. The molecule has 4 rings (SSSR count). The van der Waals surface area contributed by atoms with Crippen LogP contribution in [-0.2, 0) is 32.5 Å². The summed E-state index contributed by atoms with van der Waals surface area (Å²) in [5.74, 6) is -0.254. The number of ether oxygens (including phenoxy) is 2. The van der Waals surface area contributed by atoms with E-state index in [0.717, 1.165) is 27.8 Å². The van der Waals surface area contributed by atoms with Crippen molar-refractivity contribution >= 4 is 42.6 Å². The molecule has 8 nitrogen and oxygen atoms in total. The second-order valence-corrected chi connectivity index (χ2v) is 11.9. The third-order valence-corrected chi connectivity index (χ3v) is 9.32. The van der Waals surface area contributed by atoms with Crippen LogP contribution in [-0.4, -0.2) is 64.1 Å². The average molecular weight is 568 g/mol. The summed E-state index contributed by atoms with van der Waals surface area (Å²) < 4.78 is 39.1. The Labute approximate surface area is 233 Å². The molecule has 0 saturated heterocycles. The van der Waals surface area contributed by atoms with Crippen LogP contribution in [0.2, 0.25) is 0 Å². The fourth-order valence-corrected chi connectivity index (χ4v) is 6.62. The molecule has 0 fully saturated rings. The Hall–Kier alpha value is -3.15. The van der Waals surface area contributed by atoms with Crippen molar-refractivity contribution < 1.29 is 22.7 Å². The molecule has 3 aromatic carbocycles. The quantitative estimate of drug-likeness (QED) is 0.226. The van der Waals surface area contributed by atoms with Gasteiger partial charge in [-0.25, -0.2) is 13.4 Å². The highest BCUT2D eigenvalue weighted by molar-refractivity contribution is 7.89. The molecule has 0 bridgehead atoms. The lowest BCUT2D eigenvalue weighted by atomic mass is 10.1. The monoisotopic (exact) mass is 567 g/mol. The maximum atomic E-state index is 13.9. The summed E-state index contributed by atoms with van der Waals surface area (Å²) in [4.78, 5) is 20.5. The Morgan fingerprint density at radius 1 is 0.897 bits per heavy atom. The first-order valence-electron chi connectivity index (χ1n) is 12.7. The predicted molar refractivity (Wildman–Crippen MR) is 155 cm³/mol. The lowest BCUT2D eigenvalue weighted by Crippen LogP contribution is -2.36. The van der Waals surface area contributed by atoms with E-state index in [1.807, 2.05) is 42.5 Å². The first kappa shape index (κ1) is 28.8. The lowest BCUT2D eigenvalue weighted by Gasteiger charge is -2.22. The number of fused-ring (bicyclic) bond motifs is 1. The first-order valence-corrected chi connectivity index (χ1v) is 15.0. The van der Waals surface area contributed by atoms with Gasteiger partial charge in [0.25, 0.3) is 5.91 Å². The summed E-state index contributed by atoms with van der Waals surface area (Å²) in [5, 5.41) is 0.599. The summed E-state index contributed by atoms with van der Waals surface area (Å²) in [5.41, 5.74) is 3.37. The van der Waals surface area contributed by atoms with Crippen molar-refractivity contribution in [3.8, 4) is 0 Å². The second-order valence-electron chi connectivity index (χ2n) is 8.90. The topological polar surface area (TPSA) is 89.0 Å². The molecule has 0 atom stereocenters. The van der Waals surface area contributed by atoms with E-state index in [2.05, 4.69) is 13.0 Å². The number of amides is 1. The molecule has 0 aliphatic heterocycles. The lowest BCUT2D eigenvalue weighted by molar-refractivity contribution is 0.0985. The van der Waals surface area contributed by atoms with Gasteiger partial charge in [-0.1, -0.05) is 60.7 Å². The highest BCUT2D eigenvalue weighted by Gasteiger charge is 2.26. The molecule has 0 aliphatic carbocycles. The van der Waals surface area contributed by atoms with Gasteiger partial charge in [-0.15, -0.1) is 0 Å². The van der Waals surface area contributed by atoms with Gasteiger partial charge in [0.1, 0.15) is 0 Å². The van der Waals surface area contributed by atoms with Gasteiger partial charge in [-0.05, 0) is 47.9 Å². The Morgan fingerprint density at radius 2 is 1.56 bits per heavy atom. The van der Waals surface area contributed by atoms with Gasteiger partial charge < -0.3 is 9.47 Å². The zero-order chi connectivity index (χ0) is 27.8. The second kappa shape index (κ2) is 13.3. The summed E-state index contributed by atoms with van der Waals surface area (Å²) in [7, 11) is -0.746. The molecule has 1 aromatic heterocycles. The number of hydrogen-bond donors (Lipinski definition) is 0. The molecule has 206 valence electrons. The third kappa shape index (κ3) is 6.71. The standard InChI is InChI=1S/C29H33N3O5S2/c1-4-23-11-8-12-26-27(23)30-29(38-26)32(21-22-9-6-5-7-10-22)28(33)24-13-15-25(16-14-24)39(34,35)31(17-19-36-2)18-20-37-3/h5-16H,4,17-21H2,1-3H3. The molecule has 0 unspecified atom stereocenters. The van der Waals surface area contributed by atoms with Crippen LogP contribution in [0, 0.1) is 0 Å². The van der Waals surface area contributed by atoms with E-state index in [1.54, 1.807) is 17.0 Å². The SMILES string of the molecule is CCc1cccc2sc(N(Cc3ccccc3)C(=O)c3ccc(S(=O)(=O)N(CCOC)CCOC)cc3)nc12. The average Bonchev–Trinajstić information content (AvgIpc) is 3.40. The molecule has 0 aliphatic rings. The van der Waals surface area contributed by atoms with E-state index in [0.29, 0.717) is 17.2 Å². The minimum absolute atomic E-state index is 0.105. The van der Waals surface area contributed by atoms with Gasteiger partial charge in [0.15, 0.2) is 5.13 Å². The summed E-state index contributed by atoms with van der Waals surface area (Å²) in [6.45, 7) is 3.34. The van der Waals surface area contributed by atoms with Gasteiger partial charge in [0.05, 0.1) is 34.9 Å². The van der Waals surface area contributed by atoms with Crippen LogP contribution in [0.5, 0.6) is 0 Å². The number of carbonyl (C=O) groups excluding carboxylic acids is 1. The van der Waals surface area contributed by atoms with Gasteiger partial charge in [-0.2, -0.15) is 4.31 Å². The first-order chi connectivity index (χ1) is 18.9. The van der Waals surface area contributed by atoms with Crippen molar-refractivity contribution in [1.29, 1.82) is 0 Å². The molecule has 0 saturated carbocycles. The maximum absolute atomic E-state index is 13.9. The molecule has 39 heavy (non-hydrogen) atoms. The van der Waals surface area contributed by atoms with E-state index in [-0.39, 0.29) is 37.1 Å². The number of thiazole rings is 1. The Morgan fingerprint density at radius 3 is 2.18 bits per heavy atom. The number of benzene rings is 3. The normalized spacial score (nSPS) is 11.8. The van der Waals surface area contributed by atoms with Crippen LogP contribution in [0.25, 0.3) is 10.2 Å². The largest absolute Gasteiger partial charge is 0.383 e. The van der Waals surface area contributed by atoms with Crippen LogP contribution < -0.4 is 4.90 Å². The minimum atomic E-state index is -3.80. The van der Waals surface area contributed by atoms with Crippen molar-refractivity contribution in [3.05, 3.63) is 89.5 Å². The number of sulfonamides is 1. The summed E-state index contributed by atoms with van der Waals surface area (Å²) in [6.07, 6.45) is 0.842. The molecule has 0 spiro atoms. The van der Waals surface area contributed by atoms with E-state index >= 15 is 0 Å². The smallest absolute Gasteiger partial charge is 0.260 e. The van der Waals surface area contributed by atoms with E-state index in [1.165, 1.54) is 42.0 Å². The molecule has 10 heteroatoms. The van der Waals surface area contributed by atoms with E-state index < -0.39 is 10.0 Å². The number of rotatable bonds is 13. The zero-order valence-corrected chi connectivity index (χ0v) is 24.0. The van der Waals surface area contributed by atoms with E-state index in [4.69, 9.17) is 14.5 Å². The Kier molecular flexibility index (Phi) is 9.82. The van der Waals surface area contributed by atoms with Crippen molar-refractivity contribution in [2.45, 2.75) is 24.8 Å². The van der Waals surface area contributed by atoms with Gasteiger partial charge in [0, 0.05) is 32.9 Å². The number of para-hydroxylation sites is 1. The van der Waals surface area contributed by atoms with Crippen LogP contribution in [0.1, 0.15) is 28.4 Å². The maximum Gasteiger partial charge on any atom is 0.260 e.